The first kappa shape index (κ1) is 17.6. The molecule has 0 saturated heterocycles. The zero-order valence-corrected chi connectivity index (χ0v) is 15.3. The van der Waals surface area contributed by atoms with Crippen molar-refractivity contribution in [2.45, 2.75) is 38.2 Å². The summed E-state index contributed by atoms with van der Waals surface area (Å²) in [7, 11) is 3.39. The minimum atomic E-state index is -1.15. The van der Waals surface area contributed by atoms with Gasteiger partial charge in [0.25, 0.3) is 0 Å². The molecule has 0 heterocycles. The number of ether oxygens (including phenoxy) is 2. The predicted octanol–water partition coefficient (Wildman–Crippen LogP) is 4.50. The van der Waals surface area contributed by atoms with Gasteiger partial charge in [-0.2, -0.15) is 0 Å². The SMILES string of the molecule is C=C1c2ccc(OC)c(c2)CCCCc2cc(ccc2OC)C1(C)O. The second-order valence-electron chi connectivity index (χ2n) is 6.81. The molecule has 4 bridgehead atoms. The largest absolute Gasteiger partial charge is 0.496 e. The molecule has 1 N–H and O–H groups in total. The summed E-state index contributed by atoms with van der Waals surface area (Å²) >= 11 is 0. The quantitative estimate of drug-likeness (QED) is 0.876. The summed E-state index contributed by atoms with van der Waals surface area (Å²) in [5, 5.41) is 11.2. The van der Waals surface area contributed by atoms with E-state index in [1.54, 1.807) is 21.1 Å². The lowest BCUT2D eigenvalue weighted by Gasteiger charge is -2.28. The summed E-state index contributed by atoms with van der Waals surface area (Å²) in [5.41, 5.74) is 3.61. The van der Waals surface area contributed by atoms with Crippen molar-refractivity contribution >= 4 is 5.57 Å². The molecule has 1 unspecified atom stereocenters. The van der Waals surface area contributed by atoms with Gasteiger partial charge in [0.15, 0.2) is 0 Å². The molecular weight excluding hydrogens is 312 g/mol. The molecule has 1 aliphatic rings. The van der Waals surface area contributed by atoms with Gasteiger partial charge in [-0.15, -0.1) is 0 Å². The summed E-state index contributed by atoms with van der Waals surface area (Å²) in [4.78, 5) is 0. The highest BCUT2D eigenvalue weighted by atomic mass is 16.5. The van der Waals surface area contributed by atoms with Crippen LogP contribution in [0.25, 0.3) is 5.57 Å². The maximum absolute atomic E-state index is 11.2. The summed E-state index contributed by atoms with van der Waals surface area (Å²) < 4.78 is 11.0. The van der Waals surface area contributed by atoms with Gasteiger partial charge in [-0.05, 0) is 84.7 Å². The molecule has 0 aliphatic heterocycles. The fraction of sp³-hybridized carbons (Fsp3) is 0.364. The number of rotatable bonds is 2. The lowest BCUT2D eigenvalue weighted by atomic mass is 9.82. The van der Waals surface area contributed by atoms with Crippen LogP contribution in [0.15, 0.2) is 43.0 Å². The van der Waals surface area contributed by atoms with Gasteiger partial charge >= 0.3 is 0 Å². The van der Waals surface area contributed by atoms with Crippen LogP contribution < -0.4 is 9.47 Å². The smallest absolute Gasteiger partial charge is 0.122 e. The average Bonchev–Trinajstić information content (AvgIpc) is 2.63. The Kier molecular flexibility index (Phi) is 4.87. The molecule has 0 aromatic heterocycles. The first-order valence-electron chi connectivity index (χ1n) is 8.74. The van der Waals surface area contributed by atoms with E-state index in [1.165, 1.54) is 0 Å². The topological polar surface area (TPSA) is 38.7 Å². The van der Waals surface area contributed by atoms with E-state index >= 15 is 0 Å². The minimum Gasteiger partial charge on any atom is -0.496 e. The van der Waals surface area contributed by atoms with Crippen LogP contribution in [0.2, 0.25) is 0 Å². The lowest BCUT2D eigenvalue weighted by Crippen LogP contribution is -2.23. The second kappa shape index (κ2) is 6.93. The third-order valence-corrected chi connectivity index (χ3v) is 5.20. The van der Waals surface area contributed by atoms with Crippen molar-refractivity contribution in [1.82, 2.24) is 0 Å². The van der Waals surface area contributed by atoms with Crippen molar-refractivity contribution in [3.63, 3.8) is 0 Å². The van der Waals surface area contributed by atoms with Gasteiger partial charge in [-0.3, -0.25) is 0 Å². The van der Waals surface area contributed by atoms with Crippen LogP contribution in [0.3, 0.4) is 0 Å². The van der Waals surface area contributed by atoms with Crippen LogP contribution in [0.5, 0.6) is 11.5 Å². The molecule has 3 rings (SSSR count). The average molecular weight is 338 g/mol. The summed E-state index contributed by atoms with van der Waals surface area (Å²) in [6.07, 6.45) is 3.97. The number of benzene rings is 2. The first-order valence-corrected chi connectivity index (χ1v) is 8.74. The van der Waals surface area contributed by atoms with Crippen molar-refractivity contribution in [3.8, 4) is 11.5 Å². The van der Waals surface area contributed by atoms with Crippen molar-refractivity contribution < 1.29 is 14.6 Å². The van der Waals surface area contributed by atoms with Gasteiger partial charge in [-0.1, -0.05) is 18.7 Å². The predicted molar refractivity (Wildman–Crippen MR) is 101 cm³/mol. The molecule has 1 aliphatic carbocycles. The number of fused-ring (bicyclic) bond motifs is 4. The number of methoxy groups -OCH3 is 2. The molecule has 2 aromatic rings. The van der Waals surface area contributed by atoms with E-state index in [-0.39, 0.29) is 0 Å². The van der Waals surface area contributed by atoms with Crippen LogP contribution in [0, 0.1) is 0 Å². The van der Waals surface area contributed by atoms with E-state index in [9.17, 15) is 5.11 Å². The second-order valence-corrected chi connectivity index (χ2v) is 6.81. The molecule has 132 valence electrons. The molecule has 1 atom stereocenters. The van der Waals surface area contributed by atoms with Crippen molar-refractivity contribution in [3.05, 3.63) is 65.2 Å². The highest BCUT2D eigenvalue weighted by Gasteiger charge is 2.29. The highest BCUT2D eigenvalue weighted by molar-refractivity contribution is 5.73. The van der Waals surface area contributed by atoms with Crippen LogP contribution >= 0.6 is 0 Å². The van der Waals surface area contributed by atoms with Crippen LogP contribution in [0.1, 0.15) is 42.0 Å². The Morgan fingerprint density at radius 1 is 0.920 bits per heavy atom. The standard InChI is InChI=1S/C22H26O3/c1-15-16-9-11-20(24-3)17(13-16)7-5-6-8-18-14-19(22(15,2)23)10-12-21(18)25-4/h9-14,23H,1,5-8H2,2-4H3. The van der Waals surface area contributed by atoms with Crippen LogP contribution in [0.4, 0.5) is 0 Å². The third kappa shape index (κ3) is 3.29. The number of aliphatic hydroxyl groups is 1. The first-order chi connectivity index (χ1) is 12.0. The molecular formula is C22H26O3. The number of aryl methyl sites for hydroxylation is 2. The fourth-order valence-electron chi connectivity index (χ4n) is 3.52. The maximum Gasteiger partial charge on any atom is 0.122 e. The Balaban J connectivity index is 2.12. The van der Waals surface area contributed by atoms with E-state index in [0.29, 0.717) is 5.57 Å². The highest BCUT2D eigenvalue weighted by Crippen LogP contribution is 2.38. The van der Waals surface area contributed by atoms with Crippen molar-refractivity contribution in [2.24, 2.45) is 0 Å². The van der Waals surface area contributed by atoms with Crippen LogP contribution in [-0.2, 0) is 18.4 Å². The minimum absolute atomic E-state index is 0.688. The molecule has 0 amide bonds. The Morgan fingerprint density at radius 3 is 2.08 bits per heavy atom. The molecule has 0 spiro atoms. The summed E-state index contributed by atoms with van der Waals surface area (Å²) in [5.74, 6) is 1.77. The monoisotopic (exact) mass is 338 g/mol. The molecule has 3 nitrogen and oxygen atoms in total. The fourth-order valence-corrected chi connectivity index (χ4v) is 3.52. The molecule has 0 fully saturated rings. The molecule has 0 radical (unpaired) electrons. The van der Waals surface area contributed by atoms with E-state index in [1.807, 2.05) is 24.3 Å². The van der Waals surface area contributed by atoms with E-state index in [0.717, 1.165) is 59.4 Å². The lowest BCUT2D eigenvalue weighted by molar-refractivity contribution is 0.122. The van der Waals surface area contributed by atoms with Crippen molar-refractivity contribution in [1.29, 1.82) is 0 Å². The Labute approximate surface area is 149 Å². The number of hydrogen-bond donors (Lipinski definition) is 1. The summed E-state index contributed by atoms with van der Waals surface area (Å²) in [6.45, 7) is 6.00. The van der Waals surface area contributed by atoms with E-state index < -0.39 is 5.60 Å². The molecule has 25 heavy (non-hydrogen) atoms. The van der Waals surface area contributed by atoms with Gasteiger partial charge in [0.05, 0.1) is 14.2 Å². The normalized spacial score (nSPS) is 20.4. The molecule has 2 aromatic carbocycles. The van der Waals surface area contributed by atoms with Gasteiger partial charge in [0.1, 0.15) is 17.1 Å². The molecule has 0 saturated carbocycles. The Hall–Kier alpha value is -2.26. The van der Waals surface area contributed by atoms with Gasteiger partial charge in [0.2, 0.25) is 0 Å². The van der Waals surface area contributed by atoms with E-state index in [2.05, 4.69) is 18.7 Å². The summed E-state index contributed by atoms with van der Waals surface area (Å²) in [6, 6.07) is 11.9. The van der Waals surface area contributed by atoms with Gasteiger partial charge in [-0.25, -0.2) is 0 Å². The number of hydrogen-bond acceptors (Lipinski definition) is 3. The Bertz CT molecular complexity index is 790. The Morgan fingerprint density at radius 2 is 1.48 bits per heavy atom. The van der Waals surface area contributed by atoms with E-state index in [4.69, 9.17) is 9.47 Å². The third-order valence-electron chi connectivity index (χ3n) is 5.20. The van der Waals surface area contributed by atoms with Crippen molar-refractivity contribution in [2.75, 3.05) is 14.2 Å². The van der Waals surface area contributed by atoms with Crippen LogP contribution in [-0.4, -0.2) is 19.3 Å². The van der Waals surface area contributed by atoms with Gasteiger partial charge in [0, 0.05) is 0 Å². The maximum atomic E-state index is 11.2. The van der Waals surface area contributed by atoms with Gasteiger partial charge < -0.3 is 14.6 Å². The zero-order valence-electron chi connectivity index (χ0n) is 15.3. The molecule has 3 heteroatoms. The zero-order chi connectivity index (χ0) is 18.0.